The van der Waals surface area contributed by atoms with Crippen molar-refractivity contribution in [3.05, 3.63) is 0 Å². The average Bonchev–Trinajstić information content (AvgIpc) is 2.31. The predicted octanol–water partition coefficient (Wildman–Crippen LogP) is -1.32. The van der Waals surface area contributed by atoms with Gasteiger partial charge in [0.15, 0.2) is 0 Å². The van der Waals surface area contributed by atoms with E-state index in [1.54, 1.807) is 0 Å². The topological polar surface area (TPSA) is 53.0 Å². The molecule has 0 radical (unpaired) electrons. The Morgan fingerprint density at radius 2 is 2.25 bits per heavy atom. The predicted molar refractivity (Wildman–Crippen MR) is 42.2 cm³/mol. The summed E-state index contributed by atoms with van der Waals surface area (Å²) in [6.45, 7) is 3.42. The van der Waals surface area contributed by atoms with Crippen LogP contribution in [0.15, 0.2) is 0 Å². The second-order valence-electron chi connectivity index (χ2n) is 2.64. The van der Waals surface area contributed by atoms with Crippen molar-refractivity contribution in [3.8, 4) is 0 Å². The number of aliphatic hydroxyl groups excluding tert-OH is 1. The van der Waals surface area contributed by atoms with Crippen LogP contribution < -0.4 is 0 Å². The number of nitrogens with zero attached hydrogens (tertiary/aromatic N) is 2. The molecular formula is C7H14N2O3. The molecule has 12 heavy (non-hydrogen) atoms. The number of aliphatic hydroxyl groups is 1. The van der Waals surface area contributed by atoms with E-state index < -0.39 is 0 Å². The first-order chi connectivity index (χ1) is 5.86. The second-order valence-corrected chi connectivity index (χ2v) is 2.64. The monoisotopic (exact) mass is 174 g/mol. The molecule has 1 aliphatic rings. The van der Waals surface area contributed by atoms with Crippen LogP contribution in [0.2, 0.25) is 0 Å². The number of rotatable bonds is 3. The van der Waals surface area contributed by atoms with Crippen molar-refractivity contribution in [2.24, 2.45) is 0 Å². The molecule has 0 aromatic heterocycles. The molecule has 1 rings (SSSR count). The van der Waals surface area contributed by atoms with Gasteiger partial charge in [-0.05, 0) is 0 Å². The number of hydrogen-bond donors (Lipinski definition) is 1. The number of amides is 1. The normalized spacial score (nSPS) is 20.6. The molecule has 5 heteroatoms. The largest absolute Gasteiger partial charge is 0.395 e. The van der Waals surface area contributed by atoms with E-state index in [9.17, 15) is 4.79 Å². The number of hydroxylamine groups is 2. The maximum absolute atomic E-state index is 10.3. The molecule has 1 heterocycles. The standard InChI is InChI=1S/C7H14N2O3/c10-5-3-8-1-2-9(7-11)12-6-4-8/h7,10H,1-6H2. The van der Waals surface area contributed by atoms with E-state index >= 15 is 0 Å². The first-order valence-electron chi connectivity index (χ1n) is 4.05. The van der Waals surface area contributed by atoms with Crippen molar-refractivity contribution >= 4 is 6.41 Å². The fourth-order valence-electron chi connectivity index (χ4n) is 1.15. The zero-order valence-electron chi connectivity index (χ0n) is 6.98. The van der Waals surface area contributed by atoms with Crippen molar-refractivity contribution < 1.29 is 14.7 Å². The molecule has 1 N–H and O–H groups in total. The van der Waals surface area contributed by atoms with Crippen molar-refractivity contribution in [2.75, 3.05) is 39.4 Å². The summed E-state index contributed by atoms with van der Waals surface area (Å²) in [6.07, 6.45) is 0.683. The lowest BCUT2D eigenvalue weighted by molar-refractivity contribution is -0.166. The van der Waals surface area contributed by atoms with E-state index in [0.717, 1.165) is 13.1 Å². The van der Waals surface area contributed by atoms with E-state index in [-0.39, 0.29) is 6.61 Å². The molecule has 1 aliphatic heterocycles. The Bertz CT molecular complexity index is 143. The van der Waals surface area contributed by atoms with Crippen molar-refractivity contribution in [2.45, 2.75) is 0 Å². The molecule has 0 aromatic rings. The molecular weight excluding hydrogens is 160 g/mol. The summed E-state index contributed by atoms with van der Waals surface area (Å²) in [4.78, 5) is 17.4. The van der Waals surface area contributed by atoms with E-state index in [1.165, 1.54) is 5.06 Å². The Kier molecular flexibility index (Phi) is 3.99. The zero-order chi connectivity index (χ0) is 8.81. The summed E-state index contributed by atoms with van der Waals surface area (Å²) in [6, 6.07) is 0. The van der Waals surface area contributed by atoms with Gasteiger partial charge in [-0.15, -0.1) is 0 Å². The molecule has 0 spiro atoms. The molecule has 0 aliphatic carbocycles. The van der Waals surface area contributed by atoms with Gasteiger partial charge in [-0.1, -0.05) is 0 Å². The molecule has 70 valence electrons. The Morgan fingerprint density at radius 1 is 1.42 bits per heavy atom. The summed E-state index contributed by atoms with van der Waals surface area (Å²) in [5.74, 6) is 0. The van der Waals surface area contributed by atoms with Crippen LogP contribution in [0.1, 0.15) is 0 Å². The number of β-amino-alcohol motifs (C(OH)–C–C–N with tert-alkyl or cyclic N) is 1. The molecule has 0 atom stereocenters. The summed E-state index contributed by atoms with van der Waals surface area (Å²) in [5, 5.41) is 9.96. The highest BCUT2D eigenvalue weighted by Crippen LogP contribution is 1.97. The lowest BCUT2D eigenvalue weighted by Gasteiger charge is -2.16. The van der Waals surface area contributed by atoms with E-state index in [4.69, 9.17) is 9.94 Å². The molecule has 0 saturated carbocycles. The number of hydrogen-bond acceptors (Lipinski definition) is 4. The zero-order valence-corrected chi connectivity index (χ0v) is 6.98. The lowest BCUT2D eigenvalue weighted by atomic mass is 10.4. The van der Waals surface area contributed by atoms with Gasteiger partial charge in [-0.2, -0.15) is 0 Å². The van der Waals surface area contributed by atoms with Crippen molar-refractivity contribution in [1.29, 1.82) is 0 Å². The van der Waals surface area contributed by atoms with Crippen LogP contribution in [-0.2, 0) is 9.63 Å². The summed E-state index contributed by atoms with van der Waals surface area (Å²) in [7, 11) is 0. The highest BCUT2D eigenvalue weighted by atomic mass is 16.7. The van der Waals surface area contributed by atoms with Crippen molar-refractivity contribution in [3.63, 3.8) is 0 Å². The first-order valence-corrected chi connectivity index (χ1v) is 4.05. The number of carbonyl (C=O) groups excluding carboxylic acids is 1. The maximum Gasteiger partial charge on any atom is 0.233 e. The van der Waals surface area contributed by atoms with Gasteiger partial charge in [-0.25, -0.2) is 5.06 Å². The van der Waals surface area contributed by atoms with Crippen LogP contribution in [-0.4, -0.2) is 60.9 Å². The molecule has 1 fully saturated rings. The van der Waals surface area contributed by atoms with Gasteiger partial charge in [-0.3, -0.25) is 14.5 Å². The SMILES string of the molecule is O=CN1CCN(CCO)CCO1. The Labute approximate surface area is 71.5 Å². The van der Waals surface area contributed by atoms with Crippen LogP contribution in [0, 0.1) is 0 Å². The Morgan fingerprint density at radius 3 is 2.92 bits per heavy atom. The second kappa shape index (κ2) is 5.08. The van der Waals surface area contributed by atoms with E-state index in [2.05, 4.69) is 4.90 Å². The van der Waals surface area contributed by atoms with Crippen LogP contribution in [0.3, 0.4) is 0 Å². The van der Waals surface area contributed by atoms with Crippen molar-refractivity contribution in [1.82, 2.24) is 9.96 Å². The minimum atomic E-state index is 0.154. The van der Waals surface area contributed by atoms with Crippen LogP contribution >= 0.6 is 0 Å². The summed E-state index contributed by atoms with van der Waals surface area (Å²) < 4.78 is 0. The lowest BCUT2D eigenvalue weighted by Crippen LogP contribution is -2.31. The fourth-order valence-corrected chi connectivity index (χ4v) is 1.15. The smallest absolute Gasteiger partial charge is 0.233 e. The quantitative estimate of drug-likeness (QED) is 0.539. The van der Waals surface area contributed by atoms with Crippen LogP contribution in [0.4, 0.5) is 0 Å². The molecule has 0 bridgehead atoms. The highest BCUT2D eigenvalue weighted by Gasteiger charge is 2.12. The van der Waals surface area contributed by atoms with E-state index in [1.807, 2.05) is 0 Å². The van der Waals surface area contributed by atoms with Crippen LogP contribution in [0.5, 0.6) is 0 Å². The minimum Gasteiger partial charge on any atom is -0.395 e. The van der Waals surface area contributed by atoms with Gasteiger partial charge in [0.05, 0.1) is 19.8 Å². The van der Waals surface area contributed by atoms with Gasteiger partial charge in [0.1, 0.15) is 0 Å². The minimum absolute atomic E-state index is 0.154. The van der Waals surface area contributed by atoms with Gasteiger partial charge < -0.3 is 5.11 Å². The molecule has 0 unspecified atom stereocenters. The highest BCUT2D eigenvalue weighted by molar-refractivity contribution is 5.44. The molecule has 0 aromatic carbocycles. The van der Waals surface area contributed by atoms with Gasteiger partial charge in [0.2, 0.25) is 6.41 Å². The Hall–Kier alpha value is -0.650. The maximum atomic E-state index is 10.3. The third kappa shape index (κ3) is 2.77. The number of carbonyl (C=O) groups is 1. The van der Waals surface area contributed by atoms with Gasteiger partial charge in [0, 0.05) is 19.6 Å². The molecule has 1 saturated heterocycles. The van der Waals surface area contributed by atoms with Gasteiger partial charge >= 0.3 is 0 Å². The third-order valence-electron chi connectivity index (χ3n) is 1.84. The van der Waals surface area contributed by atoms with E-state index in [0.29, 0.717) is 26.1 Å². The third-order valence-corrected chi connectivity index (χ3v) is 1.84. The molecule has 5 nitrogen and oxygen atoms in total. The summed E-state index contributed by atoms with van der Waals surface area (Å²) >= 11 is 0. The first kappa shape index (κ1) is 9.44. The van der Waals surface area contributed by atoms with Crippen LogP contribution in [0.25, 0.3) is 0 Å². The van der Waals surface area contributed by atoms with Gasteiger partial charge in [0.25, 0.3) is 0 Å². The average molecular weight is 174 g/mol. The molecule has 1 amide bonds. The summed E-state index contributed by atoms with van der Waals surface area (Å²) in [5.41, 5.74) is 0. The fraction of sp³-hybridized carbons (Fsp3) is 0.857. The Balaban J connectivity index is 2.28.